The Bertz CT molecular complexity index is 344. The molecule has 5 heteroatoms. The van der Waals surface area contributed by atoms with Gasteiger partial charge >= 0.3 is 5.97 Å². The van der Waals surface area contributed by atoms with E-state index in [2.05, 4.69) is 10.1 Å². The topological polar surface area (TPSA) is 47.6 Å². The maximum Gasteiger partial charge on any atom is 0.348 e. The van der Waals surface area contributed by atoms with Crippen LogP contribution in [0.25, 0.3) is 0 Å². The lowest BCUT2D eigenvalue weighted by Crippen LogP contribution is -2.18. The lowest BCUT2D eigenvalue weighted by molar-refractivity contribution is 0.0606. The van der Waals surface area contributed by atoms with Crippen LogP contribution < -0.4 is 10.1 Å². The van der Waals surface area contributed by atoms with E-state index in [0.717, 1.165) is 24.6 Å². The van der Waals surface area contributed by atoms with Gasteiger partial charge < -0.3 is 14.8 Å². The summed E-state index contributed by atoms with van der Waals surface area (Å²) >= 11 is 1.33. The summed E-state index contributed by atoms with van der Waals surface area (Å²) in [5.74, 6) is -0.306. The summed E-state index contributed by atoms with van der Waals surface area (Å²) < 4.78 is 10.3. The van der Waals surface area contributed by atoms with Gasteiger partial charge in [0, 0.05) is 6.54 Å². The number of esters is 1. The molecular weight excluding hydrogens is 214 g/mol. The molecule has 1 atom stereocenters. The normalized spacial score (nSPS) is 20.2. The average Bonchev–Trinajstić information content (AvgIpc) is 2.88. The van der Waals surface area contributed by atoms with Crippen molar-refractivity contribution in [3.05, 3.63) is 17.0 Å². The van der Waals surface area contributed by atoms with Crippen LogP contribution in [0.2, 0.25) is 0 Å². The number of carbonyl (C=O) groups is 1. The second-order valence-electron chi connectivity index (χ2n) is 3.34. The molecule has 0 aromatic carbocycles. The van der Waals surface area contributed by atoms with Crippen molar-refractivity contribution >= 4 is 17.3 Å². The van der Waals surface area contributed by atoms with Gasteiger partial charge in [-0.3, -0.25) is 0 Å². The molecule has 0 amide bonds. The summed E-state index contributed by atoms with van der Waals surface area (Å²) in [5.41, 5.74) is 0. The smallest absolute Gasteiger partial charge is 0.348 e. The predicted molar refractivity (Wildman–Crippen MR) is 57.6 cm³/mol. The van der Waals surface area contributed by atoms with Crippen LogP contribution in [0, 0.1) is 0 Å². The van der Waals surface area contributed by atoms with Crippen molar-refractivity contribution in [3.63, 3.8) is 0 Å². The van der Waals surface area contributed by atoms with Gasteiger partial charge in [0.2, 0.25) is 0 Å². The number of methoxy groups -OCH3 is 1. The molecule has 1 aliphatic heterocycles. The fourth-order valence-electron chi connectivity index (χ4n) is 1.49. The number of ether oxygens (including phenoxy) is 2. The third-order valence-electron chi connectivity index (χ3n) is 2.27. The SMILES string of the molecule is COC(=O)c1ccc(OC2CCNC2)s1. The highest BCUT2D eigenvalue weighted by molar-refractivity contribution is 7.15. The molecule has 1 unspecified atom stereocenters. The van der Waals surface area contributed by atoms with E-state index >= 15 is 0 Å². The lowest BCUT2D eigenvalue weighted by Gasteiger charge is -2.09. The van der Waals surface area contributed by atoms with Gasteiger partial charge in [-0.15, -0.1) is 0 Å². The van der Waals surface area contributed by atoms with Gasteiger partial charge in [-0.2, -0.15) is 0 Å². The molecule has 0 saturated carbocycles. The number of rotatable bonds is 3. The minimum absolute atomic E-state index is 0.231. The first-order chi connectivity index (χ1) is 7.29. The number of thiophene rings is 1. The Morgan fingerprint density at radius 3 is 3.13 bits per heavy atom. The van der Waals surface area contributed by atoms with Crippen molar-refractivity contribution in [3.8, 4) is 5.06 Å². The number of hydrogen-bond acceptors (Lipinski definition) is 5. The van der Waals surface area contributed by atoms with Gasteiger partial charge in [-0.05, 0) is 25.1 Å². The largest absolute Gasteiger partial charge is 0.479 e. The Hall–Kier alpha value is -1.07. The van der Waals surface area contributed by atoms with Crippen molar-refractivity contribution in [2.75, 3.05) is 20.2 Å². The highest BCUT2D eigenvalue weighted by Crippen LogP contribution is 2.26. The van der Waals surface area contributed by atoms with Crippen LogP contribution >= 0.6 is 11.3 Å². The Morgan fingerprint density at radius 2 is 2.47 bits per heavy atom. The molecule has 0 bridgehead atoms. The van der Waals surface area contributed by atoms with Gasteiger partial charge in [-0.25, -0.2) is 4.79 Å². The lowest BCUT2D eigenvalue weighted by atomic mass is 10.3. The maximum absolute atomic E-state index is 11.2. The summed E-state index contributed by atoms with van der Waals surface area (Å²) in [6, 6.07) is 3.55. The zero-order valence-corrected chi connectivity index (χ0v) is 9.30. The summed E-state index contributed by atoms with van der Waals surface area (Å²) in [6.07, 6.45) is 1.25. The second-order valence-corrected chi connectivity index (χ2v) is 4.39. The van der Waals surface area contributed by atoms with Crippen molar-refractivity contribution in [1.82, 2.24) is 5.32 Å². The van der Waals surface area contributed by atoms with Crippen LogP contribution in [0.5, 0.6) is 5.06 Å². The molecule has 1 aliphatic rings. The Labute approximate surface area is 92.2 Å². The first-order valence-corrected chi connectivity index (χ1v) is 5.67. The van der Waals surface area contributed by atoms with E-state index in [1.165, 1.54) is 18.4 Å². The second kappa shape index (κ2) is 4.63. The molecule has 0 spiro atoms. The number of hydrogen-bond donors (Lipinski definition) is 1. The highest BCUT2D eigenvalue weighted by atomic mass is 32.1. The quantitative estimate of drug-likeness (QED) is 0.790. The molecular formula is C10H13NO3S. The van der Waals surface area contributed by atoms with Crippen LogP contribution in [-0.2, 0) is 4.74 Å². The predicted octanol–water partition coefficient (Wildman–Crippen LogP) is 1.28. The molecule has 1 fully saturated rings. The third-order valence-corrected chi connectivity index (χ3v) is 3.22. The minimum Gasteiger partial charge on any atom is -0.479 e. The Kier molecular flexibility index (Phi) is 3.23. The molecule has 1 aromatic rings. The molecule has 1 saturated heterocycles. The number of carbonyl (C=O) groups excluding carboxylic acids is 1. The van der Waals surface area contributed by atoms with E-state index in [0.29, 0.717) is 4.88 Å². The zero-order chi connectivity index (χ0) is 10.7. The summed E-state index contributed by atoms with van der Waals surface area (Å²) in [5, 5.41) is 4.00. The van der Waals surface area contributed by atoms with E-state index in [4.69, 9.17) is 4.74 Å². The molecule has 1 N–H and O–H groups in total. The fraction of sp³-hybridized carbons (Fsp3) is 0.500. The minimum atomic E-state index is -0.306. The molecule has 2 heterocycles. The summed E-state index contributed by atoms with van der Waals surface area (Å²) in [6.45, 7) is 1.88. The van der Waals surface area contributed by atoms with Crippen LogP contribution in [0.4, 0.5) is 0 Å². The van der Waals surface area contributed by atoms with Gasteiger partial charge in [0.25, 0.3) is 0 Å². The number of nitrogens with one attached hydrogen (secondary N) is 1. The average molecular weight is 227 g/mol. The first-order valence-electron chi connectivity index (χ1n) is 4.85. The third kappa shape index (κ3) is 2.49. The van der Waals surface area contributed by atoms with Gasteiger partial charge in [0.05, 0.1) is 7.11 Å². The molecule has 2 rings (SSSR count). The first kappa shape index (κ1) is 10.4. The van der Waals surface area contributed by atoms with Crippen LogP contribution in [-0.4, -0.2) is 32.3 Å². The monoisotopic (exact) mass is 227 g/mol. The van der Waals surface area contributed by atoms with E-state index in [9.17, 15) is 4.79 Å². The Morgan fingerprint density at radius 1 is 1.60 bits per heavy atom. The van der Waals surface area contributed by atoms with E-state index in [1.54, 1.807) is 6.07 Å². The molecule has 1 aromatic heterocycles. The fourth-order valence-corrected chi connectivity index (χ4v) is 2.33. The van der Waals surface area contributed by atoms with E-state index in [-0.39, 0.29) is 12.1 Å². The summed E-state index contributed by atoms with van der Waals surface area (Å²) in [4.78, 5) is 11.8. The highest BCUT2D eigenvalue weighted by Gasteiger charge is 2.17. The van der Waals surface area contributed by atoms with E-state index < -0.39 is 0 Å². The van der Waals surface area contributed by atoms with Gasteiger partial charge in [0.1, 0.15) is 11.0 Å². The van der Waals surface area contributed by atoms with Crippen LogP contribution in [0.1, 0.15) is 16.1 Å². The Balaban J connectivity index is 1.97. The van der Waals surface area contributed by atoms with Crippen LogP contribution in [0.3, 0.4) is 0 Å². The van der Waals surface area contributed by atoms with Crippen molar-refractivity contribution in [2.45, 2.75) is 12.5 Å². The summed E-state index contributed by atoms with van der Waals surface area (Å²) in [7, 11) is 1.38. The zero-order valence-electron chi connectivity index (χ0n) is 8.49. The molecule has 82 valence electrons. The molecule has 0 radical (unpaired) electrons. The van der Waals surface area contributed by atoms with Gasteiger partial charge in [0.15, 0.2) is 5.06 Å². The molecule has 4 nitrogen and oxygen atoms in total. The van der Waals surface area contributed by atoms with Crippen molar-refractivity contribution < 1.29 is 14.3 Å². The van der Waals surface area contributed by atoms with Gasteiger partial charge in [-0.1, -0.05) is 11.3 Å². The van der Waals surface area contributed by atoms with Crippen molar-refractivity contribution in [2.24, 2.45) is 0 Å². The standard InChI is InChI=1S/C10H13NO3S/c1-13-10(12)8-2-3-9(15-8)14-7-4-5-11-6-7/h2-3,7,11H,4-6H2,1H3. The van der Waals surface area contributed by atoms with Crippen LogP contribution in [0.15, 0.2) is 12.1 Å². The molecule has 15 heavy (non-hydrogen) atoms. The molecule has 0 aliphatic carbocycles. The van der Waals surface area contributed by atoms with E-state index in [1.807, 2.05) is 6.07 Å². The maximum atomic E-state index is 11.2. The van der Waals surface area contributed by atoms with Crippen molar-refractivity contribution in [1.29, 1.82) is 0 Å².